The largest absolute Gasteiger partial charge is 0.322 e. The molecule has 7 nitrogen and oxygen atoms in total. The van der Waals surface area contributed by atoms with Gasteiger partial charge in [0, 0.05) is 36.3 Å². The standard InChI is InChI=1S/C17H14ClN3O4/c18-14-7-6-11(9-15(14)20-8-2-5-16(20)22)17(23)19-12-3-1-4-13(10-12)21(24)25/h1,3-4,6-7,9-10H,2,5,8H2,(H,19,23). The fraction of sp³-hybridized carbons (Fsp3) is 0.176. The van der Waals surface area contributed by atoms with E-state index >= 15 is 0 Å². The molecule has 1 N–H and O–H groups in total. The molecular formula is C17H14ClN3O4. The molecule has 0 saturated carbocycles. The fourth-order valence-corrected chi connectivity index (χ4v) is 2.88. The third-order valence-corrected chi connectivity index (χ3v) is 4.21. The first-order chi connectivity index (χ1) is 12.0. The van der Waals surface area contributed by atoms with Gasteiger partial charge in [0.1, 0.15) is 0 Å². The first-order valence-electron chi connectivity index (χ1n) is 7.61. The number of hydrogen-bond donors (Lipinski definition) is 1. The first kappa shape index (κ1) is 16.9. The summed E-state index contributed by atoms with van der Waals surface area (Å²) in [7, 11) is 0. The van der Waals surface area contributed by atoms with Crippen LogP contribution in [-0.2, 0) is 4.79 Å². The molecule has 0 aromatic heterocycles. The van der Waals surface area contributed by atoms with E-state index in [1.165, 1.54) is 18.2 Å². The van der Waals surface area contributed by atoms with Gasteiger partial charge in [-0.15, -0.1) is 0 Å². The van der Waals surface area contributed by atoms with Gasteiger partial charge in [-0.2, -0.15) is 0 Å². The van der Waals surface area contributed by atoms with Crippen LogP contribution in [0.4, 0.5) is 17.1 Å². The molecule has 0 unspecified atom stereocenters. The monoisotopic (exact) mass is 359 g/mol. The van der Waals surface area contributed by atoms with Crippen molar-refractivity contribution in [2.45, 2.75) is 12.8 Å². The quantitative estimate of drug-likeness (QED) is 0.666. The zero-order valence-electron chi connectivity index (χ0n) is 13.1. The number of carbonyl (C=O) groups is 2. The zero-order valence-corrected chi connectivity index (χ0v) is 13.8. The Morgan fingerprint density at radius 3 is 2.72 bits per heavy atom. The number of carbonyl (C=O) groups excluding carboxylic acids is 2. The molecule has 1 aliphatic heterocycles. The highest BCUT2D eigenvalue weighted by molar-refractivity contribution is 6.34. The van der Waals surface area contributed by atoms with E-state index in [-0.39, 0.29) is 11.6 Å². The van der Waals surface area contributed by atoms with E-state index in [1.807, 2.05) is 0 Å². The molecule has 0 bridgehead atoms. The molecule has 2 aromatic carbocycles. The second-order valence-electron chi connectivity index (χ2n) is 5.58. The van der Waals surface area contributed by atoms with Gasteiger partial charge in [0.2, 0.25) is 5.91 Å². The summed E-state index contributed by atoms with van der Waals surface area (Å²) < 4.78 is 0. The molecule has 0 radical (unpaired) electrons. The lowest BCUT2D eigenvalue weighted by molar-refractivity contribution is -0.384. The Morgan fingerprint density at radius 1 is 1.24 bits per heavy atom. The molecule has 1 saturated heterocycles. The van der Waals surface area contributed by atoms with Gasteiger partial charge >= 0.3 is 0 Å². The van der Waals surface area contributed by atoms with Crippen LogP contribution in [0.15, 0.2) is 42.5 Å². The molecule has 0 atom stereocenters. The van der Waals surface area contributed by atoms with Crippen LogP contribution in [0.2, 0.25) is 5.02 Å². The number of nitrogens with zero attached hydrogens (tertiary/aromatic N) is 2. The highest BCUT2D eigenvalue weighted by atomic mass is 35.5. The molecule has 8 heteroatoms. The van der Waals surface area contributed by atoms with Gasteiger partial charge in [-0.05, 0) is 30.7 Å². The number of halogens is 1. The lowest BCUT2D eigenvalue weighted by atomic mass is 10.1. The predicted octanol–water partition coefficient (Wildman–Crippen LogP) is 3.63. The van der Waals surface area contributed by atoms with E-state index in [2.05, 4.69) is 5.32 Å². The second kappa shape index (κ2) is 6.90. The Morgan fingerprint density at radius 2 is 2.04 bits per heavy atom. The van der Waals surface area contributed by atoms with E-state index in [4.69, 9.17) is 11.6 Å². The number of rotatable bonds is 4. The normalized spacial score (nSPS) is 13.8. The molecule has 1 fully saturated rings. The average Bonchev–Trinajstić information content (AvgIpc) is 3.01. The number of nitro benzene ring substituents is 1. The summed E-state index contributed by atoms with van der Waals surface area (Å²) in [6, 6.07) is 10.3. The number of benzene rings is 2. The van der Waals surface area contributed by atoms with Crippen molar-refractivity contribution in [1.82, 2.24) is 0 Å². The Bertz CT molecular complexity index is 869. The van der Waals surface area contributed by atoms with Gasteiger partial charge in [-0.3, -0.25) is 19.7 Å². The van der Waals surface area contributed by atoms with Crippen molar-refractivity contribution in [2.24, 2.45) is 0 Å². The minimum Gasteiger partial charge on any atom is -0.322 e. The summed E-state index contributed by atoms with van der Waals surface area (Å²) in [5.74, 6) is -0.469. The zero-order chi connectivity index (χ0) is 18.0. The van der Waals surface area contributed by atoms with Crippen LogP contribution in [0, 0.1) is 10.1 Å². The van der Waals surface area contributed by atoms with Crippen molar-refractivity contribution < 1.29 is 14.5 Å². The number of hydrogen-bond acceptors (Lipinski definition) is 4. The van der Waals surface area contributed by atoms with E-state index in [9.17, 15) is 19.7 Å². The van der Waals surface area contributed by atoms with Crippen molar-refractivity contribution in [2.75, 3.05) is 16.8 Å². The predicted molar refractivity (Wildman–Crippen MR) is 94.1 cm³/mol. The van der Waals surface area contributed by atoms with E-state index < -0.39 is 10.8 Å². The van der Waals surface area contributed by atoms with Crippen molar-refractivity contribution in [1.29, 1.82) is 0 Å². The molecule has 25 heavy (non-hydrogen) atoms. The Hall–Kier alpha value is -2.93. The van der Waals surface area contributed by atoms with E-state index in [1.54, 1.807) is 29.2 Å². The maximum absolute atomic E-state index is 12.4. The summed E-state index contributed by atoms with van der Waals surface area (Å²) in [4.78, 5) is 36.2. The highest BCUT2D eigenvalue weighted by Crippen LogP contribution is 2.30. The molecular weight excluding hydrogens is 346 g/mol. The van der Waals surface area contributed by atoms with E-state index in [0.29, 0.717) is 34.9 Å². The Kier molecular flexibility index (Phi) is 4.67. The van der Waals surface area contributed by atoms with Crippen LogP contribution < -0.4 is 10.2 Å². The molecule has 0 aliphatic carbocycles. The lowest BCUT2D eigenvalue weighted by Gasteiger charge is -2.18. The minimum absolute atomic E-state index is 0.0295. The molecule has 1 aliphatic rings. The Labute approximate surface area is 148 Å². The lowest BCUT2D eigenvalue weighted by Crippen LogP contribution is -2.24. The molecule has 0 spiro atoms. The topological polar surface area (TPSA) is 92.5 Å². The number of anilines is 2. The van der Waals surface area contributed by atoms with Gasteiger partial charge in [-0.1, -0.05) is 17.7 Å². The fourth-order valence-electron chi connectivity index (χ4n) is 2.66. The molecule has 128 valence electrons. The van der Waals surface area contributed by atoms with Gasteiger partial charge in [0.25, 0.3) is 11.6 Å². The van der Waals surface area contributed by atoms with Crippen molar-refractivity contribution in [3.05, 3.63) is 63.2 Å². The van der Waals surface area contributed by atoms with Crippen molar-refractivity contribution in [3.63, 3.8) is 0 Å². The summed E-state index contributed by atoms with van der Waals surface area (Å²) in [6.07, 6.45) is 1.21. The van der Waals surface area contributed by atoms with Gasteiger partial charge < -0.3 is 10.2 Å². The smallest absolute Gasteiger partial charge is 0.271 e. The average molecular weight is 360 g/mol. The van der Waals surface area contributed by atoms with Crippen LogP contribution in [0.3, 0.4) is 0 Å². The summed E-state index contributed by atoms with van der Waals surface area (Å²) in [5.41, 5.74) is 1.01. The van der Waals surface area contributed by atoms with Crippen LogP contribution in [-0.4, -0.2) is 23.3 Å². The SMILES string of the molecule is O=C(Nc1cccc([N+](=O)[O-])c1)c1ccc(Cl)c(N2CCCC2=O)c1. The van der Waals surface area contributed by atoms with Crippen LogP contribution >= 0.6 is 11.6 Å². The summed E-state index contributed by atoms with van der Waals surface area (Å²) in [6.45, 7) is 0.564. The molecule has 3 rings (SSSR count). The molecule has 2 aromatic rings. The van der Waals surface area contributed by atoms with E-state index in [0.717, 1.165) is 6.42 Å². The number of nitrogens with one attached hydrogen (secondary N) is 1. The maximum Gasteiger partial charge on any atom is 0.271 e. The third-order valence-electron chi connectivity index (χ3n) is 3.89. The maximum atomic E-state index is 12.4. The summed E-state index contributed by atoms with van der Waals surface area (Å²) >= 11 is 6.16. The van der Waals surface area contributed by atoms with Crippen molar-refractivity contribution >= 4 is 40.5 Å². The summed E-state index contributed by atoms with van der Waals surface area (Å²) in [5, 5.41) is 13.8. The minimum atomic E-state index is -0.533. The third kappa shape index (κ3) is 3.61. The van der Waals surface area contributed by atoms with Crippen LogP contribution in [0.25, 0.3) is 0 Å². The van der Waals surface area contributed by atoms with Gasteiger partial charge in [0.15, 0.2) is 0 Å². The number of amides is 2. The van der Waals surface area contributed by atoms with Crippen LogP contribution in [0.1, 0.15) is 23.2 Å². The Balaban J connectivity index is 1.84. The van der Waals surface area contributed by atoms with Gasteiger partial charge in [-0.25, -0.2) is 0 Å². The van der Waals surface area contributed by atoms with Crippen LogP contribution in [0.5, 0.6) is 0 Å². The number of non-ortho nitro benzene ring substituents is 1. The highest BCUT2D eigenvalue weighted by Gasteiger charge is 2.24. The second-order valence-corrected chi connectivity index (χ2v) is 5.98. The molecule has 1 heterocycles. The number of nitro groups is 1. The molecule has 2 amide bonds. The van der Waals surface area contributed by atoms with Crippen molar-refractivity contribution in [3.8, 4) is 0 Å². The van der Waals surface area contributed by atoms with Gasteiger partial charge in [0.05, 0.1) is 15.6 Å². The first-order valence-corrected chi connectivity index (χ1v) is 7.99.